The zero-order valence-electron chi connectivity index (χ0n) is 22.2. The Balaban J connectivity index is 2.01. The van der Waals surface area contributed by atoms with Crippen molar-refractivity contribution < 1.29 is 34.2 Å². The van der Waals surface area contributed by atoms with Crippen molar-refractivity contribution in [3.05, 3.63) is 0 Å². The van der Waals surface area contributed by atoms with Crippen molar-refractivity contribution in [2.45, 2.75) is 103 Å². The van der Waals surface area contributed by atoms with Crippen molar-refractivity contribution in [3.63, 3.8) is 0 Å². The maximum Gasteiger partial charge on any atom is 0.326 e. The lowest BCUT2D eigenvalue weighted by Crippen LogP contribution is -2.58. The second-order valence-electron chi connectivity index (χ2n) is 10.3. The molecule has 1 aliphatic carbocycles. The predicted molar refractivity (Wildman–Crippen MR) is 137 cm³/mol. The lowest BCUT2D eigenvalue weighted by Gasteiger charge is -2.39. The molecule has 3 amide bonds. The van der Waals surface area contributed by atoms with Gasteiger partial charge in [-0.15, -0.1) is 0 Å². The average molecular weight is 525 g/mol. The summed E-state index contributed by atoms with van der Waals surface area (Å²) in [5.41, 5.74) is 0. The first-order valence-electron chi connectivity index (χ1n) is 13.7. The van der Waals surface area contributed by atoms with E-state index in [1.807, 2.05) is 0 Å². The van der Waals surface area contributed by atoms with Gasteiger partial charge in [0, 0.05) is 19.0 Å². The molecule has 11 heteroatoms. The molecule has 210 valence electrons. The number of likely N-dealkylation sites (N-methyl/N-ethyl adjacent to an activating group) is 1. The van der Waals surface area contributed by atoms with Crippen molar-refractivity contribution in [1.29, 1.82) is 0 Å². The normalized spacial score (nSPS) is 18.4. The van der Waals surface area contributed by atoms with Gasteiger partial charge in [-0.2, -0.15) is 0 Å². The third-order valence-electron chi connectivity index (χ3n) is 7.54. The summed E-state index contributed by atoms with van der Waals surface area (Å²) in [5.74, 6) is -3.38. The summed E-state index contributed by atoms with van der Waals surface area (Å²) in [5, 5.41) is 24.8. The molecule has 0 aromatic rings. The van der Waals surface area contributed by atoms with Gasteiger partial charge in [-0.3, -0.25) is 19.2 Å². The van der Waals surface area contributed by atoms with Gasteiger partial charge in [0.25, 0.3) is 0 Å². The van der Waals surface area contributed by atoms with Crippen molar-refractivity contribution in [1.82, 2.24) is 20.4 Å². The van der Waals surface area contributed by atoms with Gasteiger partial charge >= 0.3 is 11.9 Å². The van der Waals surface area contributed by atoms with Gasteiger partial charge in [-0.05, 0) is 71.4 Å². The maximum atomic E-state index is 13.4. The molecule has 1 aliphatic heterocycles. The molecule has 0 radical (unpaired) electrons. The van der Waals surface area contributed by atoms with Crippen molar-refractivity contribution in [2.75, 3.05) is 26.2 Å². The van der Waals surface area contributed by atoms with E-state index in [-0.39, 0.29) is 18.5 Å². The molecular formula is C26H44N4O7. The van der Waals surface area contributed by atoms with Crippen molar-refractivity contribution in [2.24, 2.45) is 5.92 Å². The molecule has 2 aliphatic rings. The van der Waals surface area contributed by atoms with Crippen LogP contribution in [0.25, 0.3) is 0 Å². The number of carbonyl (C=O) groups is 5. The van der Waals surface area contributed by atoms with E-state index in [2.05, 4.69) is 10.6 Å². The van der Waals surface area contributed by atoms with Crippen LogP contribution >= 0.6 is 0 Å². The van der Waals surface area contributed by atoms with E-state index in [1.54, 1.807) is 6.92 Å². The number of carboxylic acids is 2. The van der Waals surface area contributed by atoms with Crippen LogP contribution < -0.4 is 10.6 Å². The molecule has 0 bridgehead atoms. The molecule has 0 aromatic carbocycles. The Morgan fingerprint density at radius 1 is 1.00 bits per heavy atom. The fourth-order valence-corrected chi connectivity index (χ4v) is 5.38. The van der Waals surface area contributed by atoms with Gasteiger partial charge < -0.3 is 30.6 Å². The number of rotatable bonds is 14. The SMILES string of the molecule is CCN(CC(=O)N[C@@H](CC(=O)O)C(=O)N(C1CCCCC1)[C@H](C)C(=O)O)C(=O)CCCC1CCNCC1. The molecule has 2 fully saturated rings. The predicted octanol–water partition coefficient (Wildman–Crippen LogP) is 1.60. The molecule has 0 aromatic heterocycles. The van der Waals surface area contributed by atoms with Crippen LogP contribution in [0.2, 0.25) is 0 Å². The summed E-state index contributed by atoms with van der Waals surface area (Å²) in [6.45, 7) is 5.18. The third kappa shape index (κ3) is 9.94. The van der Waals surface area contributed by atoms with Crippen LogP contribution in [-0.2, 0) is 24.0 Å². The molecule has 1 saturated heterocycles. The van der Waals surface area contributed by atoms with Gasteiger partial charge in [0.1, 0.15) is 12.1 Å². The average Bonchev–Trinajstić information content (AvgIpc) is 2.87. The van der Waals surface area contributed by atoms with E-state index >= 15 is 0 Å². The van der Waals surface area contributed by atoms with E-state index in [4.69, 9.17) is 0 Å². The Labute approximate surface area is 219 Å². The smallest absolute Gasteiger partial charge is 0.326 e. The van der Waals surface area contributed by atoms with Crippen LogP contribution in [-0.4, -0.2) is 94.0 Å². The highest BCUT2D eigenvalue weighted by atomic mass is 16.4. The fourth-order valence-electron chi connectivity index (χ4n) is 5.38. The quantitative estimate of drug-likeness (QED) is 0.267. The summed E-state index contributed by atoms with van der Waals surface area (Å²) in [7, 11) is 0. The number of amides is 3. The minimum Gasteiger partial charge on any atom is -0.481 e. The van der Waals surface area contributed by atoms with Gasteiger partial charge in [-0.1, -0.05) is 19.3 Å². The topological polar surface area (TPSA) is 156 Å². The number of nitrogens with zero attached hydrogens (tertiary/aromatic N) is 2. The molecule has 1 heterocycles. The molecule has 11 nitrogen and oxygen atoms in total. The van der Waals surface area contributed by atoms with Crippen LogP contribution in [0.15, 0.2) is 0 Å². The van der Waals surface area contributed by atoms with E-state index in [0.29, 0.717) is 31.7 Å². The molecule has 37 heavy (non-hydrogen) atoms. The van der Waals surface area contributed by atoms with Crippen LogP contribution in [0.5, 0.6) is 0 Å². The largest absolute Gasteiger partial charge is 0.481 e. The number of nitrogens with one attached hydrogen (secondary N) is 2. The lowest BCUT2D eigenvalue weighted by atomic mass is 9.92. The molecule has 1 saturated carbocycles. The van der Waals surface area contributed by atoms with Gasteiger partial charge in [-0.25, -0.2) is 4.79 Å². The molecule has 2 rings (SSSR count). The zero-order valence-corrected chi connectivity index (χ0v) is 22.2. The number of piperidine rings is 1. The molecule has 2 atom stereocenters. The summed E-state index contributed by atoms with van der Waals surface area (Å²) >= 11 is 0. The second kappa shape index (κ2) is 15.5. The molecular weight excluding hydrogens is 480 g/mol. The summed E-state index contributed by atoms with van der Waals surface area (Å²) in [6, 6.07) is -2.89. The first kappa shape index (κ1) is 30.5. The number of hydrogen-bond donors (Lipinski definition) is 4. The number of carboxylic acid groups (broad SMARTS) is 2. The second-order valence-corrected chi connectivity index (χ2v) is 10.3. The Morgan fingerprint density at radius 3 is 2.22 bits per heavy atom. The Hall–Kier alpha value is -2.69. The third-order valence-corrected chi connectivity index (χ3v) is 7.54. The highest BCUT2D eigenvalue weighted by molar-refractivity contribution is 5.94. The number of hydrogen-bond acceptors (Lipinski definition) is 6. The van der Waals surface area contributed by atoms with Crippen LogP contribution in [0.1, 0.15) is 84.5 Å². The first-order chi connectivity index (χ1) is 17.6. The minimum atomic E-state index is -1.41. The Bertz CT molecular complexity index is 794. The van der Waals surface area contributed by atoms with Gasteiger partial charge in [0.2, 0.25) is 17.7 Å². The number of aliphatic carboxylic acids is 2. The molecule has 0 unspecified atom stereocenters. The highest BCUT2D eigenvalue weighted by Gasteiger charge is 2.38. The Morgan fingerprint density at radius 2 is 1.65 bits per heavy atom. The standard InChI is InChI=1S/C26H44N4O7/c1-3-29(23(32)11-7-8-19-12-14-27-15-13-19)17-22(31)28-21(16-24(33)34)25(35)30(18(2)26(36)37)20-9-5-4-6-10-20/h18-21,27H,3-17H2,1-2H3,(H,28,31)(H,33,34)(H,36,37)/t18-,21+/m1/s1. The molecule has 4 N–H and O–H groups in total. The summed E-state index contributed by atoms with van der Waals surface area (Å²) in [4.78, 5) is 64.9. The van der Waals surface area contributed by atoms with E-state index in [1.165, 1.54) is 16.7 Å². The van der Waals surface area contributed by atoms with Gasteiger partial charge in [0.05, 0.1) is 13.0 Å². The van der Waals surface area contributed by atoms with Crippen LogP contribution in [0.4, 0.5) is 0 Å². The monoisotopic (exact) mass is 524 g/mol. The minimum absolute atomic E-state index is 0.156. The van der Waals surface area contributed by atoms with Crippen molar-refractivity contribution in [3.8, 4) is 0 Å². The van der Waals surface area contributed by atoms with E-state index < -0.39 is 42.3 Å². The van der Waals surface area contributed by atoms with Gasteiger partial charge in [0.15, 0.2) is 0 Å². The lowest BCUT2D eigenvalue weighted by molar-refractivity contribution is -0.155. The van der Waals surface area contributed by atoms with Crippen LogP contribution in [0.3, 0.4) is 0 Å². The highest BCUT2D eigenvalue weighted by Crippen LogP contribution is 2.25. The van der Waals surface area contributed by atoms with Crippen LogP contribution in [0, 0.1) is 5.92 Å². The maximum absolute atomic E-state index is 13.4. The Kier molecular flexibility index (Phi) is 12.8. The number of carbonyl (C=O) groups excluding carboxylic acids is 3. The van der Waals surface area contributed by atoms with E-state index in [9.17, 15) is 34.2 Å². The summed E-state index contributed by atoms with van der Waals surface area (Å²) in [6.07, 6.45) is 7.52. The first-order valence-corrected chi connectivity index (χ1v) is 13.7. The fraction of sp³-hybridized carbons (Fsp3) is 0.808. The zero-order chi connectivity index (χ0) is 27.4. The summed E-state index contributed by atoms with van der Waals surface area (Å²) < 4.78 is 0. The van der Waals surface area contributed by atoms with Crippen molar-refractivity contribution >= 4 is 29.7 Å². The van der Waals surface area contributed by atoms with E-state index in [0.717, 1.165) is 58.0 Å². The molecule has 0 spiro atoms.